The second-order valence-electron chi connectivity index (χ2n) is 4.52. The Labute approximate surface area is 145 Å². The Kier molecular flexibility index (Phi) is 13.8. The third-order valence-electron chi connectivity index (χ3n) is 2.88. The molecular weight excluding hydrogens is 302 g/mol. The number of benzene rings is 1. The first-order valence-electron chi connectivity index (χ1n) is 7.58. The van der Waals surface area contributed by atoms with Gasteiger partial charge in [-0.05, 0) is 49.6 Å². The summed E-state index contributed by atoms with van der Waals surface area (Å²) in [5.41, 5.74) is 7.97. The van der Waals surface area contributed by atoms with E-state index < -0.39 is 0 Å². The minimum atomic E-state index is 0.673. The maximum Gasteiger partial charge on any atom is 0.126 e. The van der Waals surface area contributed by atoms with E-state index in [1.54, 1.807) is 11.8 Å². The average molecular weight is 330 g/mol. The lowest BCUT2D eigenvalue weighted by Crippen LogP contribution is -2.07. The topological polar surface area (TPSA) is 35.2 Å². The third-order valence-corrected chi connectivity index (χ3v) is 3.43. The number of thioether (sulfide) groups is 1. The normalized spacial score (nSPS) is 11.5. The quantitative estimate of drug-likeness (QED) is 0.630. The van der Waals surface area contributed by atoms with Crippen molar-refractivity contribution in [3.63, 3.8) is 0 Å². The Morgan fingerprint density at radius 2 is 2.09 bits per heavy atom. The summed E-state index contributed by atoms with van der Waals surface area (Å²) >= 11 is 1.72. The monoisotopic (exact) mass is 329 g/mol. The Morgan fingerprint density at radius 3 is 2.70 bits per heavy atom. The van der Waals surface area contributed by atoms with E-state index in [1.807, 2.05) is 36.8 Å². The molecule has 1 aromatic carbocycles. The number of rotatable bonds is 5. The minimum absolute atomic E-state index is 0.673. The molecule has 23 heavy (non-hydrogen) atoms. The van der Waals surface area contributed by atoms with E-state index in [0.717, 1.165) is 18.6 Å². The molecule has 0 aliphatic heterocycles. The van der Waals surface area contributed by atoms with Crippen LogP contribution in [0.25, 0.3) is 6.08 Å². The smallest absolute Gasteiger partial charge is 0.126 e. The molecule has 0 saturated carbocycles. The van der Waals surface area contributed by atoms with Gasteiger partial charge in [-0.1, -0.05) is 42.5 Å². The fourth-order valence-corrected chi connectivity index (χ4v) is 2.18. The number of hydrogen-bond acceptors (Lipinski definition) is 3. The molecule has 0 saturated heterocycles. The molecule has 0 heterocycles. The minimum Gasteiger partial charge on any atom is -0.493 e. The number of fused-ring (bicyclic) bond motifs is 1. The Balaban J connectivity index is 0.000000594. The van der Waals surface area contributed by atoms with Gasteiger partial charge in [0.1, 0.15) is 5.75 Å². The second kappa shape index (κ2) is 15.0. The van der Waals surface area contributed by atoms with Gasteiger partial charge in [0.25, 0.3) is 0 Å². The average Bonchev–Trinajstić information content (AvgIpc) is 2.84. The summed E-state index contributed by atoms with van der Waals surface area (Å²) in [6.07, 6.45) is 22.3. The summed E-state index contributed by atoms with van der Waals surface area (Å²) in [7, 11) is 0. The van der Waals surface area contributed by atoms with Gasteiger partial charge >= 0.3 is 0 Å². The zero-order chi connectivity index (χ0) is 17.3. The predicted octanol–water partition coefficient (Wildman–Crippen LogP) is 4.67. The lowest BCUT2D eigenvalue weighted by atomic mass is 10.0. The molecule has 0 bridgehead atoms. The van der Waals surface area contributed by atoms with E-state index in [2.05, 4.69) is 43.2 Å². The summed E-state index contributed by atoms with van der Waals surface area (Å²) < 4.78 is 5.74. The number of nitrogens with two attached hydrogens (primary N) is 1. The number of ether oxygens (including phenoxy) is 1. The van der Waals surface area contributed by atoms with E-state index in [1.165, 1.54) is 11.1 Å². The summed E-state index contributed by atoms with van der Waals surface area (Å²) in [5.74, 6) is 0.964. The van der Waals surface area contributed by atoms with E-state index in [4.69, 9.17) is 10.5 Å². The zero-order valence-corrected chi connectivity index (χ0v) is 14.9. The largest absolute Gasteiger partial charge is 0.493 e. The first-order chi connectivity index (χ1) is 11.3. The molecule has 2 rings (SSSR count). The van der Waals surface area contributed by atoms with Crippen molar-refractivity contribution in [1.82, 2.24) is 0 Å². The van der Waals surface area contributed by atoms with Crippen molar-refractivity contribution < 1.29 is 4.74 Å². The zero-order valence-electron chi connectivity index (χ0n) is 14.1. The molecule has 0 radical (unpaired) electrons. The first kappa shape index (κ1) is 21.1. The van der Waals surface area contributed by atoms with Gasteiger partial charge in [0.2, 0.25) is 0 Å². The fraction of sp³-hybridized carbons (Fsp3) is 0.300. The number of allylic oxidation sites excluding steroid dienone is 4. The van der Waals surface area contributed by atoms with Crippen LogP contribution in [0, 0.1) is 12.8 Å². The molecule has 2 nitrogen and oxygen atoms in total. The van der Waals surface area contributed by atoms with Crippen LogP contribution < -0.4 is 10.5 Å². The van der Waals surface area contributed by atoms with Crippen molar-refractivity contribution in [2.24, 2.45) is 5.73 Å². The van der Waals surface area contributed by atoms with Crippen LogP contribution in [0.2, 0.25) is 0 Å². The molecule has 1 aliphatic carbocycles. The maximum atomic E-state index is 5.74. The number of hydrogen-bond donors (Lipinski definition) is 1. The molecule has 0 amide bonds. The van der Waals surface area contributed by atoms with Crippen molar-refractivity contribution in [3.05, 3.63) is 59.0 Å². The molecule has 2 N–H and O–H groups in total. The van der Waals surface area contributed by atoms with E-state index in [-0.39, 0.29) is 0 Å². The highest BCUT2D eigenvalue weighted by atomic mass is 32.2. The van der Waals surface area contributed by atoms with Crippen LogP contribution in [0.3, 0.4) is 0 Å². The summed E-state index contributed by atoms with van der Waals surface area (Å²) in [6, 6.07) is 6.21. The summed E-state index contributed by atoms with van der Waals surface area (Å²) in [5, 5.41) is 2.04. The molecule has 124 valence electrons. The predicted molar refractivity (Wildman–Crippen MR) is 106 cm³/mol. The van der Waals surface area contributed by atoms with E-state index >= 15 is 0 Å². The number of terminal acetylenes is 1. The van der Waals surface area contributed by atoms with Crippen LogP contribution in [0.15, 0.2) is 47.9 Å². The lowest BCUT2D eigenvalue weighted by molar-refractivity contribution is 0.312. The van der Waals surface area contributed by atoms with Crippen molar-refractivity contribution in [3.8, 4) is 18.6 Å². The van der Waals surface area contributed by atoms with Gasteiger partial charge in [0.15, 0.2) is 0 Å². The van der Waals surface area contributed by atoms with Crippen LogP contribution >= 0.6 is 11.8 Å². The van der Waals surface area contributed by atoms with Crippen molar-refractivity contribution in [2.45, 2.75) is 19.8 Å². The van der Waals surface area contributed by atoms with E-state index in [0.29, 0.717) is 13.2 Å². The van der Waals surface area contributed by atoms with Crippen molar-refractivity contribution in [2.75, 3.05) is 19.4 Å². The van der Waals surface area contributed by atoms with Crippen LogP contribution in [0.5, 0.6) is 5.75 Å². The molecule has 0 aromatic heterocycles. The highest BCUT2D eigenvalue weighted by Crippen LogP contribution is 2.26. The molecule has 1 aliphatic rings. The van der Waals surface area contributed by atoms with E-state index in [9.17, 15) is 0 Å². The molecule has 0 spiro atoms. The summed E-state index contributed by atoms with van der Waals surface area (Å²) in [4.78, 5) is 0. The van der Waals surface area contributed by atoms with Crippen LogP contribution in [0.1, 0.15) is 24.5 Å². The van der Waals surface area contributed by atoms with Gasteiger partial charge in [-0.3, -0.25) is 0 Å². The Bertz CT molecular complexity index is 530. The first-order valence-corrected chi connectivity index (χ1v) is 8.87. The molecular formula is C20H27NOS. The van der Waals surface area contributed by atoms with Gasteiger partial charge in [-0.25, -0.2) is 0 Å². The maximum absolute atomic E-state index is 5.74. The van der Waals surface area contributed by atoms with Crippen LogP contribution in [0.4, 0.5) is 0 Å². The SMILES string of the molecule is C#C.C/C=C\SC.NCCCOc1cccc2c1C=CC=CC2. The summed E-state index contributed by atoms with van der Waals surface area (Å²) in [6.45, 7) is 3.37. The second-order valence-corrected chi connectivity index (χ2v) is 5.26. The van der Waals surface area contributed by atoms with Crippen molar-refractivity contribution in [1.29, 1.82) is 0 Å². The standard InChI is InChI=1S/C14H17NO.C4H8S.C2H2/c15-10-5-11-16-14-9-4-7-12-6-2-1-3-8-13(12)14;1-3-4-5-2;1-2/h1-4,7-9H,5-6,10-11,15H2;3-4H,1-2H3;1-2H/b;4-3-;. The van der Waals surface area contributed by atoms with Crippen molar-refractivity contribution >= 4 is 17.8 Å². The van der Waals surface area contributed by atoms with Gasteiger partial charge in [0, 0.05) is 5.56 Å². The molecule has 0 fully saturated rings. The molecule has 0 unspecified atom stereocenters. The van der Waals surface area contributed by atoms with Gasteiger partial charge in [-0.2, -0.15) is 0 Å². The van der Waals surface area contributed by atoms with Gasteiger partial charge < -0.3 is 10.5 Å². The third kappa shape index (κ3) is 8.97. The molecule has 3 heteroatoms. The molecule has 0 atom stereocenters. The van der Waals surface area contributed by atoms with Gasteiger partial charge in [-0.15, -0.1) is 24.6 Å². The van der Waals surface area contributed by atoms with Crippen LogP contribution in [-0.2, 0) is 6.42 Å². The van der Waals surface area contributed by atoms with Crippen LogP contribution in [-0.4, -0.2) is 19.4 Å². The van der Waals surface area contributed by atoms with Gasteiger partial charge in [0.05, 0.1) is 6.61 Å². The highest BCUT2D eigenvalue weighted by molar-refractivity contribution is 8.01. The Morgan fingerprint density at radius 1 is 1.30 bits per heavy atom. The lowest BCUT2D eigenvalue weighted by Gasteiger charge is -2.11. The Hall–Kier alpha value is -1.89. The molecule has 1 aromatic rings. The fourth-order valence-electron chi connectivity index (χ4n) is 1.91. The highest BCUT2D eigenvalue weighted by Gasteiger charge is 2.06.